The molecule has 1 radical (unpaired) electrons. The van der Waals surface area contributed by atoms with Gasteiger partial charge in [-0.3, -0.25) is 0 Å². The second kappa shape index (κ2) is 9.43. The Morgan fingerprint density at radius 1 is 1.22 bits per heavy atom. The number of hydrogen-bond acceptors (Lipinski definition) is 4. The number of carbonyl (C=O) groups is 1. The molecule has 2 aliphatic heterocycles. The van der Waals surface area contributed by atoms with Gasteiger partial charge in [0, 0.05) is 65.2 Å². The smallest absolute Gasteiger partial charge is 0.170 e. The molecule has 0 aromatic carbocycles. The fraction of sp³-hybridized carbons (Fsp3) is 0.769. The molecule has 2 saturated heterocycles. The summed E-state index contributed by atoms with van der Waals surface area (Å²) in [5.41, 5.74) is 0. The molecule has 2 fully saturated rings. The van der Waals surface area contributed by atoms with Crippen LogP contribution in [0.3, 0.4) is 0 Å². The van der Waals surface area contributed by atoms with Crippen LogP contribution in [0, 0.1) is 13.8 Å². The van der Waals surface area contributed by atoms with Crippen molar-refractivity contribution in [1.29, 1.82) is 0 Å². The molecule has 2 rings (SSSR count). The van der Waals surface area contributed by atoms with Gasteiger partial charge in [-0.2, -0.15) is 6.92 Å². The van der Waals surface area contributed by atoms with E-state index in [9.17, 15) is 4.79 Å². The monoisotopic (exact) mass is 330 g/mol. The first-order valence-corrected chi connectivity index (χ1v) is 6.26. The minimum absolute atomic E-state index is 0. The van der Waals surface area contributed by atoms with Gasteiger partial charge >= 0.3 is 0 Å². The molecular formula is C13H23NO3Y-2. The van der Waals surface area contributed by atoms with Gasteiger partial charge < -0.3 is 33.0 Å². The predicted octanol–water partition coefficient (Wildman–Crippen LogP) is 1.46. The number of ether oxygens (including phenoxy) is 2. The summed E-state index contributed by atoms with van der Waals surface area (Å²) in [7, 11) is 0. The standard InChI is InChI=1S/C11H18NO3.C2H5.Y/c1-10(13)2-5-12-6-3-11(4-7-12)14-8-9-15-11;1-2;/h1-9H2;1H2,2H3;/q2*-1;. The molecule has 103 valence electrons. The summed E-state index contributed by atoms with van der Waals surface area (Å²) in [6, 6.07) is 0. The molecule has 1 spiro atoms. The zero-order chi connectivity index (χ0) is 12.7. The minimum Gasteiger partial charge on any atom is -0.347 e. The zero-order valence-electron chi connectivity index (χ0n) is 11.3. The maximum absolute atomic E-state index is 10.7. The maximum Gasteiger partial charge on any atom is 0.170 e. The van der Waals surface area contributed by atoms with Gasteiger partial charge in [0.25, 0.3) is 0 Å². The first-order valence-electron chi connectivity index (χ1n) is 6.26. The fourth-order valence-corrected chi connectivity index (χ4v) is 2.19. The average Bonchev–Trinajstić information content (AvgIpc) is 2.80. The summed E-state index contributed by atoms with van der Waals surface area (Å²) < 4.78 is 11.3. The third kappa shape index (κ3) is 5.66. The Morgan fingerprint density at radius 3 is 2.17 bits per heavy atom. The van der Waals surface area contributed by atoms with Crippen molar-refractivity contribution in [3.05, 3.63) is 13.8 Å². The van der Waals surface area contributed by atoms with E-state index in [2.05, 4.69) is 18.7 Å². The molecule has 0 unspecified atom stereocenters. The van der Waals surface area contributed by atoms with Crippen LogP contribution in [-0.2, 0) is 47.0 Å². The van der Waals surface area contributed by atoms with Crippen molar-refractivity contribution in [2.24, 2.45) is 0 Å². The van der Waals surface area contributed by atoms with Crippen LogP contribution in [0.15, 0.2) is 0 Å². The van der Waals surface area contributed by atoms with Crippen molar-refractivity contribution < 1.29 is 47.0 Å². The number of likely N-dealkylation sites (tertiary alicyclic amines) is 1. The van der Waals surface area contributed by atoms with E-state index >= 15 is 0 Å². The van der Waals surface area contributed by atoms with Crippen molar-refractivity contribution in [3.8, 4) is 0 Å². The van der Waals surface area contributed by atoms with Gasteiger partial charge in [0.2, 0.25) is 0 Å². The zero-order valence-corrected chi connectivity index (χ0v) is 14.2. The van der Waals surface area contributed by atoms with Crippen LogP contribution in [0.4, 0.5) is 0 Å². The van der Waals surface area contributed by atoms with Gasteiger partial charge in [0.1, 0.15) is 0 Å². The van der Waals surface area contributed by atoms with E-state index in [1.54, 1.807) is 6.92 Å². The second-order valence-corrected chi connectivity index (χ2v) is 4.24. The molecular weight excluding hydrogens is 307 g/mol. The van der Waals surface area contributed by atoms with Crippen molar-refractivity contribution in [3.63, 3.8) is 0 Å². The van der Waals surface area contributed by atoms with E-state index in [0.29, 0.717) is 6.42 Å². The maximum atomic E-state index is 10.7. The summed E-state index contributed by atoms with van der Waals surface area (Å²) in [6.45, 7) is 12.5. The van der Waals surface area contributed by atoms with Crippen molar-refractivity contribution in [1.82, 2.24) is 4.90 Å². The number of carbonyl (C=O) groups excluding carboxylic acids is 1. The summed E-state index contributed by atoms with van der Waals surface area (Å²) in [5.74, 6) is -0.283. The number of piperidine rings is 1. The van der Waals surface area contributed by atoms with Gasteiger partial charge in [0.05, 0.1) is 13.2 Å². The predicted molar refractivity (Wildman–Crippen MR) is 66.3 cm³/mol. The van der Waals surface area contributed by atoms with Crippen LogP contribution in [-0.4, -0.2) is 49.3 Å². The van der Waals surface area contributed by atoms with Crippen molar-refractivity contribution >= 4 is 5.78 Å². The van der Waals surface area contributed by atoms with Crippen LogP contribution >= 0.6 is 0 Å². The Labute approximate surface area is 136 Å². The quantitative estimate of drug-likeness (QED) is 0.735. The Kier molecular flexibility index (Phi) is 9.71. The van der Waals surface area contributed by atoms with Crippen LogP contribution in [0.25, 0.3) is 0 Å². The molecule has 2 aliphatic rings. The molecule has 4 nitrogen and oxygen atoms in total. The summed E-state index contributed by atoms with van der Waals surface area (Å²) in [4.78, 5) is 13.0. The molecule has 2 heterocycles. The molecule has 0 bridgehead atoms. The van der Waals surface area contributed by atoms with Crippen LogP contribution in [0.1, 0.15) is 26.2 Å². The Balaban J connectivity index is 0.000000917. The van der Waals surface area contributed by atoms with E-state index < -0.39 is 0 Å². The number of rotatable bonds is 3. The summed E-state index contributed by atoms with van der Waals surface area (Å²) in [6.07, 6.45) is 2.38. The van der Waals surface area contributed by atoms with Gasteiger partial charge in [-0.15, -0.1) is 0 Å². The van der Waals surface area contributed by atoms with Crippen molar-refractivity contribution in [2.45, 2.75) is 32.0 Å². The van der Waals surface area contributed by atoms with Crippen LogP contribution in [0.2, 0.25) is 0 Å². The largest absolute Gasteiger partial charge is 0.347 e. The van der Waals surface area contributed by atoms with E-state index in [0.717, 1.165) is 45.7 Å². The van der Waals surface area contributed by atoms with E-state index in [1.165, 1.54) is 0 Å². The number of Topliss-reactive ketones (excluding diaryl/α,β-unsaturated/α-hetero) is 1. The first-order chi connectivity index (χ1) is 8.20. The number of nitrogens with zero attached hydrogens (tertiary/aromatic N) is 1. The van der Waals surface area contributed by atoms with E-state index in [4.69, 9.17) is 9.47 Å². The third-order valence-electron chi connectivity index (χ3n) is 3.14. The molecule has 0 atom stereocenters. The number of hydrogen-bond donors (Lipinski definition) is 0. The van der Waals surface area contributed by atoms with Gasteiger partial charge in [-0.05, 0) is 12.2 Å². The van der Waals surface area contributed by atoms with Crippen LogP contribution < -0.4 is 0 Å². The Hall–Kier alpha value is 0.524. The summed E-state index contributed by atoms with van der Waals surface area (Å²) in [5, 5.41) is 0. The van der Waals surface area contributed by atoms with Gasteiger partial charge in [0.15, 0.2) is 5.79 Å². The number of ketones is 1. The van der Waals surface area contributed by atoms with Gasteiger partial charge in [-0.1, -0.05) is 0 Å². The van der Waals surface area contributed by atoms with Crippen molar-refractivity contribution in [2.75, 3.05) is 32.8 Å². The van der Waals surface area contributed by atoms with E-state index in [1.807, 2.05) is 0 Å². The second-order valence-electron chi connectivity index (χ2n) is 4.24. The molecule has 0 N–H and O–H groups in total. The summed E-state index contributed by atoms with van der Waals surface area (Å²) >= 11 is 0. The molecule has 0 aromatic rings. The molecule has 0 amide bonds. The third-order valence-corrected chi connectivity index (χ3v) is 3.14. The normalized spacial score (nSPS) is 21.9. The first kappa shape index (κ1) is 18.5. The average molecular weight is 330 g/mol. The molecule has 5 heteroatoms. The molecule has 18 heavy (non-hydrogen) atoms. The Bertz CT molecular complexity index is 232. The molecule has 0 aromatic heterocycles. The molecule has 0 aliphatic carbocycles. The van der Waals surface area contributed by atoms with E-state index in [-0.39, 0.29) is 44.3 Å². The molecule has 0 saturated carbocycles. The Morgan fingerprint density at radius 2 is 1.72 bits per heavy atom. The van der Waals surface area contributed by atoms with Gasteiger partial charge in [-0.25, -0.2) is 0 Å². The topological polar surface area (TPSA) is 38.8 Å². The fourth-order valence-electron chi connectivity index (χ4n) is 2.19. The minimum atomic E-state index is -0.301. The SMILES string of the molecule is [CH2-]C.[CH2-]C(=O)CCN1CCC2(CC1)OCCO2.[Y]. The van der Waals surface area contributed by atoms with Crippen LogP contribution in [0.5, 0.6) is 0 Å².